The second-order valence-corrected chi connectivity index (χ2v) is 8.05. The van der Waals surface area contributed by atoms with E-state index in [0.717, 1.165) is 41.3 Å². The van der Waals surface area contributed by atoms with Crippen LogP contribution in [0.4, 0.5) is 0 Å². The zero-order valence-corrected chi connectivity index (χ0v) is 17.2. The Morgan fingerprint density at radius 2 is 2.17 bits per heavy atom. The first-order chi connectivity index (χ1) is 14.2. The lowest BCUT2D eigenvalue weighted by molar-refractivity contribution is 0.0854. The number of rotatable bonds is 7. The van der Waals surface area contributed by atoms with Gasteiger partial charge in [0.25, 0.3) is 5.91 Å². The van der Waals surface area contributed by atoms with E-state index in [1.807, 2.05) is 30.3 Å². The summed E-state index contributed by atoms with van der Waals surface area (Å²) in [4.78, 5) is 16.9. The van der Waals surface area contributed by atoms with Crippen LogP contribution >= 0.6 is 11.3 Å². The first-order valence-electron chi connectivity index (χ1n) is 9.81. The Morgan fingerprint density at radius 1 is 1.28 bits per heavy atom. The normalized spacial score (nSPS) is 16.0. The third-order valence-corrected chi connectivity index (χ3v) is 5.71. The zero-order chi connectivity index (χ0) is 20.1. The third-order valence-electron chi connectivity index (χ3n) is 4.82. The summed E-state index contributed by atoms with van der Waals surface area (Å²) >= 11 is 1.46. The highest BCUT2D eigenvalue weighted by atomic mass is 32.1. The van der Waals surface area contributed by atoms with E-state index in [-0.39, 0.29) is 12.0 Å². The Labute approximate surface area is 174 Å². The van der Waals surface area contributed by atoms with E-state index in [4.69, 9.17) is 9.47 Å². The number of amides is 1. The van der Waals surface area contributed by atoms with E-state index in [0.29, 0.717) is 18.8 Å². The van der Waals surface area contributed by atoms with Gasteiger partial charge in [-0.15, -0.1) is 11.3 Å². The van der Waals surface area contributed by atoms with Crippen molar-refractivity contribution in [1.29, 1.82) is 0 Å². The number of thiazole rings is 1. The lowest BCUT2D eigenvalue weighted by Gasteiger charge is -2.09. The van der Waals surface area contributed by atoms with E-state index in [1.165, 1.54) is 16.9 Å². The molecule has 1 aromatic heterocycles. The number of carbonyl (C=O) groups excluding carboxylic acids is 1. The van der Waals surface area contributed by atoms with Crippen LogP contribution in [0.15, 0.2) is 53.9 Å². The molecule has 4 rings (SSSR count). The van der Waals surface area contributed by atoms with Crippen LogP contribution in [0.1, 0.15) is 34.5 Å². The quantitative estimate of drug-likeness (QED) is 0.620. The zero-order valence-electron chi connectivity index (χ0n) is 16.4. The number of hydrogen-bond donors (Lipinski definition) is 1. The minimum atomic E-state index is -0.158. The molecule has 0 saturated carbocycles. The van der Waals surface area contributed by atoms with Crippen molar-refractivity contribution in [2.45, 2.75) is 32.5 Å². The monoisotopic (exact) mass is 408 g/mol. The standard InChI is InChI=1S/C23H24N2O3S/c1-16-5-2-6-17(11-16)14-28-19-8-3-7-18(12-19)23-25-21(15-29-23)22(26)24-13-20-9-4-10-27-20/h2-3,5-8,11-12,15,20H,4,9-10,13-14H2,1H3,(H,24,26)/t20-/m0/s1. The second kappa shape index (κ2) is 9.20. The maximum atomic E-state index is 12.4. The predicted molar refractivity (Wildman–Crippen MR) is 114 cm³/mol. The molecule has 0 unspecified atom stereocenters. The minimum absolute atomic E-state index is 0.124. The molecule has 1 amide bonds. The highest BCUT2D eigenvalue weighted by molar-refractivity contribution is 7.13. The Morgan fingerprint density at radius 3 is 3.00 bits per heavy atom. The summed E-state index contributed by atoms with van der Waals surface area (Å²) in [6.07, 6.45) is 2.18. The molecule has 0 radical (unpaired) electrons. The van der Waals surface area contributed by atoms with Crippen molar-refractivity contribution in [3.8, 4) is 16.3 Å². The number of aromatic nitrogens is 1. The summed E-state index contributed by atoms with van der Waals surface area (Å²) in [5, 5.41) is 5.51. The van der Waals surface area contributed by atoms with Crippen LogP contribution < -0.4 is 10.1 Å². The van der Waals surface area contributed by atoms with Crippen molar-refractivity contribution in [3.05, 3.63) is 70.7 Å². The van der Waals surface area contributed by atoms with Gasteiger partial charge in [0.2, 0.25) is 0 Å². The van der Waals surface area contributed by atoms with Crippen LogP contribution in [0, 0.1) is 6.92 Å². The summed E-state index contributed by atoms with van der Waals surface area (Å²) < 4.78 is 11.5. The molecule has 1 aliphatic heterocycles. The molecule has 5 nitrogen and oxygen atoms in total. The smallest absolute Gasteiger partial charge is 0.270 e. The van der Waals surface area contributed by atoms with Gasteiger partial charge in [0.05, 0.1) is 6.10 Å². The third kappa shape index (κ3) is 5.22. The summed E-state index contributed by atoms with van der Waals surface area (Å²) in [5.41, 5.74) is 3.73. The molecule has 6 heteroatoms. The fraction of sp³-hybridized carbons (Fsp3) is 0.304. The van der Waals surface area contributed by atoms with Crippen LogP contribution in [0.2, 0.25) is 0 Å². The van der Waals surface area contributed by atoms with E-state index >= 15 is 0 Å². The van der Waals surface area contributed by atoms with Gasteiger partial charge in [0.15, 0.2) is 0 Å². The molecule has 1 aliphatic rings. The van der Waals surface area contributed by atoms with Gasteiger partial charge in [-0.1, -0.05) is 42.0 Å². The van der Waals surface area contributed by atoms with E-state index in [1.54, 1.807) is 5.38 Å². The van der Waals surface area contributed by atoms with Crippen molar-refractivity contribution >= 4 is 17.2 Å². The van der Waals surface area contributed by atoms with Crippen molar-refractivity contribution in [3.63, 3.8) is 0 Å². The first kappa shape index (κ1) is 19.6. The van der Waals surface area contributed by atoms with Gasteiger partial charge in [0, 0.05) is 24.1 Å². The molecule has 0 aliphatic carbocycles. The summed E-state index contributed by atoms with van der Waals surface area (Å²) in [7, 11) is 0. The van der Waals surface area contributed by atoms with Gasteiger partial charge in [-0.2, -0.15) is 0 Å². The molecule has 1 atom stereocenters. The number of ether oxygens (including phenoxy) is 2. The SMILES string of the molecule is Cc1cccc(COc2cccc(-c3nc(C(=O)NC[C@@H]4CCCO4)cs3)c2)c1. The molecule has 0 spiro atoms. The summed E-state index contributed by atoms with van der Waals surface area (Å²) in [6.45, 7) is 3.90. The van der Waals surface area contributed by atoms with Gasteiger partial charge in [-0.25, -0.2) is 4.98 Å². The minimum Gasteiger partial charge on any atom is -0.489 e. The molecule has 1 fully saturated rings. The summed E-state index contributed by atoms with van der Waals surface area (Å²) in [5.74, 6) is 0.624. The highest BCUT2D eigenvalue weighted by Gasteiger charge is 2.18. The number of benzene rings is 2. The van der Waals surface area contributed by atoms with Gasteiger partial charge in [-0.05, 0) is 37.5 Å². The Balaban J connectivity index is 1.38. The second-order valence-electron chi connectivity index (χ2n) is 7.19. The maximum absolute atomic E-state index is 12.4. The molecule has 2 heterocycles. The molecular formula is C23H24N2O3S. The first-order valence-corrected chi connectivity index (χ1v) is 10.7. The number of nitrogens with one attached hydrogen (secondary N) is 1. The topological polar surface area (TPSA) is 60.5 Å². The number of hydrogen-bond acceptors (Lipinski definition) is 5. The van der Waals surface area contributed by atoms with Crippen molar-refractivity contribution in [1.82, 2.24) is 10.3 Å². The number of carbonyl (C=O) groups is 1. The fourth-order valence-corrected chi connectivity index (χ4v) is 4.10. The molecule has 3 aromatic rings. The Bertz CT molecular complexity index is 980. The summed E-state index contributed by atoms with van der Waals surface area (Å²) in [6, 6.07) is 16.1. The molecule has 0 bridgehead atoms. The largest absolute Gasteiger partial charge is 0.489 e. The predicted octanol–water partition coefficient (Wildman–Crippen LogP) is 4.61. The molecule has 1 saturated heterocycles. The lowest BCUT2D eigenvalue weighted by atomic mass is 10.1. The van der Waals surface area contributed by atoms with Crippen LogP contribution in [0.5, 0.6) is 5.75 Å². The highest BCUT2D eigenvalue weighted by Crippen LogP contribution is 2.27. The average Bonchev–Trinajstić information content (AvgIpc) is 3.43. The van der Waals surface area contributed by atoms with Crippen LogP contribution in [0.3, 0.4) is 0 Å². The molecular weight excluding hydrogens is 384 g/mol. The van der Waals surface area contributed by atoms with Gasteiger partial charge in [0.1, 0.15) is 23.1 Å². The van der Waals surface area contributed by atoms with Crippen molar-refractivity contribution < 1.29 is 14.3 Å². The van der Waals surface area contributed by atoms with Gasteiger partial charge in [-0.3, -0.25) is 4.79 Å². The molecule has 2 aromatic carbocycles. The van der Waals surface area contributed by atoms with Crippen LogP contribution in [-0.4, -0.2) is 30.1 Å². The molecule has 29 heavy (non-hydrogen) atoms. The van der Waals surface area contributed by atoms with E-state index in [2.05, 4.69) is 35.4 Å². The van der Waals surface area contributed by atoms with Crippen LogP contribution in [0.25, 0.3) is 10.6 Å². The van der Waals surface area contributed by atoms with E-state index in [9.17, 15) is 4.79 Å². The van der Waals surface area contributed by atoms with Crippen LogP contribution in [-0.2, 0) is 11.3 Å². The Kier molecular flexibility index (Phi) is 6.22. The van der Waals surface area contributed by atoms with Crippen molar-refractivity contribution in [2.75, 3.05) is 13.2 Å². The van der Waals surface area contributed by atoms with Crippen molar-refractivity contribution in [2.24, 2.45) is 0 Å². The maximum Gasteiger partial charge on any atom is 0.270 e. The number of nitrogens with zero attached hydrogens (tertiary/aromatic N) is 1. The van der Waals surface area contributed by atoms with Gasteiger partial charge >= 0.3 is 0 Å². The van der Waals surface area contributed by atoms with Gasteiger partial charge < -0.3 is 14.8 Å². The average molecular weight is 409 g/mol. The van der Waals surface area contributed by atoms with E-state index < -0.39 is 0 Å². The molecule has 1 N–H and O–H groups in total. The fourth-order valence-electron chi connectivity index (χ4n) is 3.30. The molecule has 150 valence electrons. The number of aryl methyl sites for hydroxylation is 1. The Hall–Kier alpha value is -2.70. The lowest BCUT2D eigenvalue weighted by Crippen LogP contribution is -2.31.